The van der Waals surface area contributed by atoms with Crippen LogP contribution in [0.4, 0.5) is 0 Å². The van der Waals surface area contributed by atoms with Crippen molar-refractivity contribution in [1.29, 1.82) is 0 Å². The summed E-state index contributed by atoms with van der Waals surface area (Å²) < 4.78 is 2.00. The maximum absolute atomic E-state index is 11.9. The second-order valence-electron chi connectivity index (χ2n) is 6.97. The van der Waals surface area contributed by atoms with E-state index in [-0.39, 0.29) is 0 Å². The van der Waals surface area contributed by atoms with E-state index in [0.29, 0.717) is 5.91 Å². The van der Waals surface area contributed by atoms with Gasteiger partial charge in [-0.3, -0.25) is 4.79 Å². The molecule has 1 fully saturated rings. The molecular weight excluding hydrogens is 388 g/mol. The number of carboxylic acid groups (broad SMARTS) is 2. The van der Waals surface area contributed by atoms with Crippen LogP contribution in [0.15, 0.2) is 43.0 Å². The maximum Gasteiger partial charge on any atom is 0.414 e. The van der Waals surface area contributed by atoms with Gasteiger partial charge in [-0.05, 0) is 43.5 Å². The van der Waals surface area contributed by atoms with E-state index in [9.17, 15) is 4.79 Å². The number of benzene rings is 1. The Balaban J connectivity index is 0.000000469. The molecule has 3 N–H and O–H groups in total. The van der Waals surface area contributed by atoms with E-state index in [1.165, 1.54) is 12.0 Å². The first-order chi connectivity index (χ1) is 14.5. The van der Waals surface area contributed by atoms with Crippen molar-refractivity contribution in [3.63, 3.8) is 0 Å². The van der Waals surface area contributed by atoms with Crippen molar-refractivity contribution in [2.24, 2.45) is 0 Å². The van der Waals surface area contributed by atoms with Gasteiger partial charge in [0.05, 0.1) is 6.33 Å². The molecule has 1 aromatic carbocycles. The summed E-state index contributed by atoms with van der Waals surface area (Å²) >= 11 is 0. The number of carbonyl (C=O) groups excluding carboxylic acids is 1. The first-order valence-corrected chi connectivity index (χ1v) is 9.99. The number of carbonyl (C=O) groups is 3. The summed E-state index contributed by atoms with van der Waals surface area (Å²) in [5, 5.41) is 18.3. The van der Waals surface area contributed by atoms with Crippen molar-refractivity contribution in [1.82, 2.24) is 19.8 Å². The van der Waals surface area contributed by atoms with Crippen molar-refractivity contribution in [3.8, 4) is 5.69 Å². The van der Waals surface area contributed by atoms with E-state index in [2.05, 4.69) is 34.6 Å². The minimum atomic E-state index is -1.82. The summed E-state index contributed by atoms with van der Waals surface area (Å²) in [6.07, 6.45) is 10.7. The first kappa shape index (κ1) is 23.1. The molecule has 1 amide bonds. The van der Waals surface area contributed by atoms with Crippen molar-refractivity contribution in [2.45, 2.75) is 38.6 Å². The lowest BCUT2D eigenvalue weighted by atomic mass is 10.2. The summed E-state index contributed by atoms with van der Waals surface area (Å²) in [6.45, 7) is 3.62. The normalized spacial score (nSPS) is 13.9. The number of hydrogen-bond acceptors (Lipinski definition) is 5. The predicted octanol–water partition coefficient (Wildman–Crippen LogP) is 1.91. The molecule has 1 aromatic heterocycles. The SMILES string of the molecule is O=C(O)C(=O)O.O=C1CCCCCN1CCCNCc1ccc(-n2ccnc2)cc1. The fourth-order valence-electron chi connectivity index (χ4n) is 3.10. The lowest BCUT2D eigenvalue weighted by molar-refractivity contribution is -0.159. The van der Waals surface area contributed by atoms with Crippen LogP contribution in [0, 0.1) is 0 Å². The summed E-state index contributed by atoms with van der Waals surface area (Å²) in [5.74, 6) is -3.31. The zero-order chi connectivity index (χ0) is 21.8. The fraction of sp³-hybridized carbons (Fsp3) is 0.429. The summed E-state index contributed by atoms with van der Waals surface area (Å²) in [6, 6.07) is 8.49. The van der Waals surface area contributed by atoms with Gasteiger partial charge in [0.2, 0.25) is 5.91 Å². The number of imidazole rings is 1. The smallest absolute Gasteiger partial charge is 0.414 e. The molecule has 0 bridgehead atoms. The Bertz CT molecular complexity index is 793. The third-order valence-corrected chi connectivity index (χ3v) is 4.70. The summed E-state index contributed by atoms with van der Waals surface area (Å²) in [4.78, 5) is 36.2. The van der Waals surface area contributed by atoms with Gasteiger partial charge in [0.1, 0.15) is 0 Å². The molecule has 162 valence electrons. The number of nitrogens with one attached hydrogen (secondary N) is 1. The van der Waals surface area contributed by atoms with Crippen molar-refractivity contribution in [3.05, 3.63) is 48.5 Å². The quantitative estimate of drug-likeness (QED) is 0.465. The van der Waals surface area contributed by atoms with Gasteiger partial charge in [-0.25, -0.2) is 14.6 Å². The van der Waals surface area contributed by atoms with Crippen molar-refractivity contribution in [2.75, 3.05) is 19.6 Å². The fourth-order valence-corrected chi connectivity index (χ4v) is 3.10. The summed E-state index contributed by atoms with van der Waals surface area (Å²) in [7, 11) is 0. The molecule has 2 aromatic rings. The van der Waals surface area contributed by atoms with E-state index in [0.717, 1.165) is 57.5 Å². The standard InChI is InChI=1S/C19H26N4O.C2H2O4/c24-19-5-2-1-3-12-22(19)13-4-10-20-15-17-6-8-18(9-7-17)23-14-11-21-16-23;3-1(4)2(5)6/h6-9,11,14,16,20H,1-5,10,12-13,15H2;(H,3,4)(H,5,6). The molecule has 9 nitrogen and oxygen atoms in total. The van der Waals surface area contributed by atoms with Crippen molar-refractivity contribution >= 4 is 17.8 Å². The van der Waals surface area contributed by atoms with Crippen LogP contribution < -0.4 is 5.32 Å². The maximum atomic E-state index is 11.9. The Labute approximate surface area is 175 Å². The number of rotatable bonds is 7. The average molecular weight is 416 g/mol. The molecule has 9 heteroatoms. The van der Waals surface area contributed by atoms with Crippen LogP contribution in [0.2, 0.25) is 0 Å². The van der Waals surface area contributed by atoms with E-state index in [4.69, 9.17) is 19.8 Å². The largest absolute Gasteiger partial charge is 0.473 e. The van der Waals surface area contributed by atoms with Crippen LogP contribution in [0.3, 0.4) is 0 Å². The second-order valence-corrected chi connectivity index (χ2v) is 6.97. The number of aromatic nitrogens is 2. The highest BCUT2D eigenvalue weighted by Gasteiger charge is 2.15. The molecule has 3 rings (SSSR count). The number of nitrogens with zero attached hydrogens (tertiary/aromatic N) is 3. The Morgan fingerprint density at radius 2 is 1.80 bits per heavy atom. The average Bonchev–Trinajstić information content (AvgIpc) is 3.19. The van der Waals surface area contributed by atoms with Gasteiger partial charge in [0.15, 0.2) is 0 Å². The highest BCUT2D eigenvalue weighted by Crippen LogP contribution is 2.11. The van der Waals surface area contributed by atoms with Crippen molar-refractivity contribution < 1.29 is 24.6 Å². The molecule has 1 aliphatic rings. The summed E-state index contributed by atoms with van der Waals surface area (Å²) in [5.41, 5.74) is 2.39. The predicted molar refractivity (Wildman–Crippen MR) is 110 cm³/mol. The lowest BCUT2D eigenvalue weighted by Gasteiger charge is -2.20. The molecule has 2 heterocycles. The molecule has 1 aliphatic heterocycles. The van der Waals surface area contributed by atoms with Crippen LogP contribution in [0.1, 0.15) is 37.7 Å². The molecule has 30 heavy (non-hydrogen) atoms. The van der Waals surface area contributed by atoms with Gasteiger partial charge >= 0.3 is 11.9 Å². The number of aliphatic carboxylic acids is 2. The molecule has 0 atom stereocenters. The van der Waals surface area contributed by atoms with E-state index < -0.39 is 11.9 Å². The highest BCUT2D eigenvalue weighted by atomic mass is 16.4. The van der Waals surface area contributed by atoms with Gasteiger partial charge in [0.25, 0.3) is 0 Å². The molecule has 0 unspecified atom stereocenters. The van der Waals surface area contributed by atoms with E-state index in [1.807, 2.05) is 15.7 Å². The van der Waals surface area contributed by atoms with E-state index >= 15 is 0 Å². The molecular formula is C21H28N4O5. The number of hydrogen-bond donors (Lipinski definition) is 3. The molecule has 1 saturated heterocycles. The van der Waals surface area contributed by atoms with Crippen LogP contribution in [-0.2, 0) is 20.9 Å². The third-order valence-electron chi connectivity index (χ3n) is 4.70. The van der Waals surface area contributed by atoms with E-state index in [1.54, 1.807) is 12.5 Å². The minimum Gasteiger partial charge on any atom is -0.473 e. The first-order valence-electron chi connectivity index (χ1n) is 9.99. The molecule has 0 spiro atoms. The molecule has 0 saturated carbocycles. The topological polar surface area (TPSA) is 125 Å². The van der Waals surface area contributed by atoms with Crippen LogP contribution in [0.25, 0.3) is 5.69 Å². The van der Waals surface area contributed by atoms with Gasteiger partial charge < -0.3 is 25.0 Å². The minimum absolute atomic E-state index is 0.336. The van der Waals surface area contributed by atoms with Gasteiger partial charge in [0, 0.05) is 44.1 Å². The second kappa shape index (κ2) is 12.4. The Morgan fingerprint density at radius 1 is 1.07 bits per heavy atom. The highest BCUT2D eigenvalue weighted by molar-refractivity contribution is 6.27. The van der Waals surface area contributed by atoms with Gasteiger partial charge in [-0.1, -0.05) is 18.6 Å². The van der Waals surface area contributed by atoms with Crippen LogP contribution in [0.5, 0.6) is 0 Å². The van der Waals surface area contributed by atoms with Gasteiger partial charge in [-0.15, -0.1) is 0 Å². The number of amides is 1. The Kier molecular flexibility index (Phi) is 9.53. The monoisotopic (exact) mass is 416 g/mol. The lowest BCUT2D eigenvalue weighted by Crippen LogP contribution is -2.32. The van der Waals surface area contributed by atoms with Gasteiger partial charge in [-0.2, -0.15) is 0 Å². The molecule has 0 aliphatic carbocycles. The number of carboxylic acids is 2. The zero-order valence-corrected chi connectivity index (χ0v) is 16.9. The Morgan fingerprint density at radius 3 is 2.43 bits per heavy atom. The third kappa shape index (κ3) is 8.04. The molecule has 0 radical (unpaired) electrons. The number of likely N-dealkylation sites (tertiary alicyclic amines) is 1. The van der Waals surface area contributed by atoms with Crippen LogP contribution >= 0.6 is 0 Å². The Hall–Kier alpha value is -3.20. The zero-order valence-electron chi connectivity index (χ0n) is 16.9. The van der Waals surface area contributed by atoms with Crippen LogP contribution in [-0.4, -0.2) is 62.1 Å².